The van der Waals surface area contributed by atoms with Crippen molar-refractivity contribution in [1.29, 1.82) is 0 Å². The van der Waals surface area contributed by atoms with Gasteiger partial charge in [0.1, 0.15) is 0 Å². The lowest BCUT2D eigenvalue weighted by Crippen LogP contribution is -2.30. The van der Waals surface area contributed by atoms with Crippen LogP contribution in [-0.4, -0.2) is 29.6 Å². The highest BCUT2D eigenvalue weighted by Crippen LogP contribution is 2.34. The smallest absolute Gasteiger partial charge is 0.0802 e. The summed E-state index contributed by atoms with van der Waals surface area (Å²) in [7, 11) is 0. The maximum atomic E-state index is 10.3. The van der Waals surface area contributed by atoms with E-state index in [1.807, 2.05) is 24.3 Å². The van der Waals surface area contributed by atoms with Gasteiger partial charge in [-0.25, -0.2) is 0 Å². The molecule has 2 aliphatic rings. The predicted molar refractivity (Wildman–Crippen MR) is 85.6 cm³/mol. The first-order chi connectivity index (χ1) is 9.70. The normalized spacial score (nSPS) is 20.4. The Labute approximate surface area is 130 Å². The zero-order chi connectivity index (χ0) is 13.9. The predicted octanol–water partition coefficient (Wildman–Crippen LogP) is 3.99. The molecule has 2 saturated carbocycles. The fourth-order valence-electron chi connectivity index (χ4n) is 2.74. The first kappa shape index (κ1) is 14.6. The van der Waals surface area contributed by atoms with Crippen LogP contribution in [0.25, 0.3) is 0 Å². The molecule has 0 heterocycles. The number of nitrogens with zero attached hydrogens (tertiary/aromatic N) is 1. The van der Waals surface area contributed by atoms with E-state index in [4.69, 9.17) is 0 Å². The molecule has 1 N–H and O–H groups in total. The summed E-state index contributed by atoms with van der Waals surface area (Å²) in [5.74, 6) is 1.89. The molecule has 20 heavy (non-hydrogen) atoms. The summed E-state index contributed by atoms with van der Waals surface area (Å²) in [5.41, 5.74) is 1.03. The highest BCUT2D eigenvalue weighted by atomic mass is 79.9. The average molecular weight is 338 g/mol. The number of halogens is 1. The van der Waals surface area contributed by atoms with Crippen molar-refractivity contribution in [2.45, 2.75) is 38.2 Å². The Kier molecular flexibility index (Phi) is 4.79. The van der Waals surface area contributed by atoms with E-state index in [0.717, 1.165) is 34.8 Å². The fraction of sp³-hybridized carbons (Fsp3) is 0.647. The molecule has 1 unspecified atom stereocenters. The van der Waals surface area contributed by atoms with Crippen molar-refractivity contribution in [2.24, 2.45) is 11.8 Å². The van der Waals surface area contributed by atoms with E-state index in [-0.39, 0.29) is 6.10 Å². The Hall–Kier alpha value is -0.380. The summed E-state index contributed by atoms with van der Waals surface area (Å²) in [6, 6.07) is 8.04. The van der Waals surface area contributed by atoms with Gasteiger partial charge in [-0.05, 0) is 61.6 Å². The van der Waals surface area contributed by atoms with E-state index >= 15 is 0 Å². The molecule has 0 radical (unpaired) electrons. The van der Waals surface area contributed by atoms with Crippen molar-refractivity contribution in [2.75, 3.05) is 19.6 Å². The second-order valence-electron chi connectivity index (χ2n) is 6.50. The Morgan fingerprint density at radius 1 is 1.05 bits per heavy atom. The number of aliphatic hydroxyl groups is 1. The molecular formula is C17H24BrNO. The summed E-state index contributed by atoms with van der Waals surface area (Å²) in [6.07, 6.45) is 6.17. The standard InChI is InChI=1S/C17H24BrNO/c18-16-7-5-15(6-8-16)17(20)9-10-19(11-13-1-2-13)12-14-3-4-14/h5-8,13-14,17,20H,1-4,9-12H2. The first-order valence-electron chi connectivity index (χ1n) is 7.86. The molecule has 1 aromatic rings. The number of hydrogen-bond donors (Lipinski definition) is 1. The van der Waals surface area contributed by atoms with E-state index in [0.29, 0.717) is 0 Å². The molecule has 0 amide bonds. The van der Waals surface area contributed by atoms with E-state index in [2.05, 4.69) is 20.8 Å². The summed E-state index contributed by atoms with van der Waals surface area (Å²) in [5, 5.41) is 10.3. The molecule has 0 aliphatic heterocycles. The molecule has 1 atom stereocenters. The molecular weight excluding hydrogens is 314 g/mol. The maximum Gasteiger partial charge on any atom is 0.0802 e. The van der Waals surface area contributed by atoms with Crippen LogP contribution in [0.3, 0.4) is 0 Å². The van der Waals surface area contributed by atoms with Crippen molar-refractivity contribution in [1.82, 2.24) is 4.90 Å². The third kappa shape index (κ3) is 4.57. The lowest BCUT2D eigenvalue weighted by atomic mass is 10.1. The zero-order valence-corrected chi connectivity index (χ0v) is 13.6. The van der Waals surface area contributed by atoms with Crippen molar-refractivity contribution in [3.8, 4) is 0 Å². The fourth-order valence-corrected chi connectivity index (χ4v) is 3.01. The van der Waals surface area contributed by atoms with Gasteiger partial charge in [0.05, 0.1) is 6.10 Å². The van der Waals surface area contributed by atoms with E-state index in [9.17, 15) is 5.11 Å². The van der Waals surface area contributed by atoms with Crippen LogP contribution in [0, 0.1) is 11.8 Å². The summed E-state index contributed by atoms with van der Waals surface area (Å²) in [6.45, 7) is 3.54. The van der Waals surface area contributed by atoms with Gasteiger partial charge in [-0.15, -0.1) is 0 Å². The topological polar surface area (TPSA) is 23.5 Å². The van der Waals surface area contributed by atoms with Crippen molar-refractivity contribution < 1.29 is 5.11 Å². The second kappa shape index (κ2) is 6.59. The molecule has 110 valence electrons. The first-order valence-corrected chi connectivity index (χ1v) is 8.66. The van der Waals surface area contributed by atoms with Crippen molar-refractivity contribution in [3.05, 3.63) is 34.3 Å². The van der Waals surface area contributed by atoms with E-state index in [1.54, 1.807) is 0 Å². The van der Waals surface area contributed by atoms with Gasteiger partial charge in [0.15, 0.2) is 0 Å². The molecule has 3 rings (SSSR count). The highest BCUT2D eigenvalue weighted by molar-refractivity contribution is 9.10. The van der Waals surface area contributed by atoms with Crippen LogP contribution in [-0.2, 0) is 0 Å². The van der Waals surface area contributed by atoms with Crippen LogP contribution < -0.4 is 0 Å². The van der Waals surface area contributed by atoms with Crippen LogP contribution in [0.5, 0.6) is 0 Å². The highest BCUT2D eigenvalue weighted by Gasteiger charge is 2.29. The van der Waals surface area contributed by atoms with Crippen molar-refractivity contribution >= 4 is 15.9 Å². The van der Waals surface area contributed by atoms with Crippen LogP contribution in [0.15, 0.2) is 28.7 Å². The minimum atomic E-state index is -0.330. The van der Waals surface area contributed by atoms with Crippen LogP contribution >= 0.6 is 15.9 Å². The summed E-state index contributed by atoms with van der Waals surface area (Å²) in [4.78, 5) is 2.59. The number of benzene rings is 1. The molecule has 1 aromatic carbocycles. The van der Waals surface area contributed by atoms with E-state index in [1.165, 1.54) is 38.8 Å². The van der Waals surface area contributed by atoms with Gasteiger partial charge < -0.3 is 10.0 Å². The third-order valence-corrected chi connectivity index (χ3v) is 4.93. The van der Waals surface area contributed by atoms with Gasteiger partial charge in [0, 0.05) is 24.1 Å². The van der Waals surface area contributed by atoms with Gasteiger partial charge in [-0.2, -0.15) is 0 Å². The summed E-state index contributed by atoms with van der Waals surface area (Å²) < 4.78 is 1.07. The van der Waals surface area contributed by atoms with E-state index < -0.39 is 0 Å². The van der Waals surface area contributed by atoms with Gasteiger partial charge in [0.2, 0.25) is 0 Å². The van der Waals surface area contributed by atoms with Gasteiger partial charge >= 0.3 is 0 Å². The lowest BCUT2D eigenvalue weighted by Gasteiger charge is -2.23. The molecule has 0 bridgehead atoms. The van der Waals surface area contributed by atoms with Crippen molar-refractivity contribution in [3.63, 3.8) is 0 Å². The summed E-state index contributed by atoms with van der Waals surface area (Å²) >= 11 is 3.44. The zero-order valence-electron chi connectivity index (χ0n) is 12.0. The van der Waals surface area contributed by atoms with Gasteiger partial charge in [-0.3, -0.25) is 0 Å². The molecule has 2 aliphatic carbocycles. The minimum Gasteiger partial charge on any atom is -0.388 e. The Balaban J connectivity index is 1.48. The number of rotatable bonds is 8. The minimum absolute atomic E-state index is 0.330. The molecule has 0 aromatic heterocycles. The Morgan fingerprint density at radius 3 is 2.10 bits per heavy atom. The molecule has 2 fully saturated rings. The van der Waals surface area contributed by atoms with Crippen LogP contribution in [0.1, 0.15) is 43.8 Å². The van der Waals surface area contributed by atoms with Crippen LogP contribution in [0.2, 0.25) is 0 Å². The molecule has 0 spiro atoms. The van der Waals surface area contributed by atoms with Gasteiger partial charge in [0.25, 0.3) is 0 Å². The quantitative estimate of drug-likeness (QED) is 0.775. The number of hydrogen-bond acceptors (Lipinski definition) is 2. The molecule has 0 saturated heterocycles. The lowest BCUT2D eigenvalue weighted by molar-refractivity contribution is 0.138. The average Bonchev–Trinajstić information content (AvgIpc) is 3.32. The molecule has 3 heteroatoms. The third-order valence-electron chi connectivity index (χ3n) is 4.40. The maximum absolute atomic E-state index is 10.3. The SMILES string of the molecule is OC(CCN(CC1CC1)CC1CC1)c1ccc(Br)cc1. The largest absolute Gasteiger partial charge is 0.388 e. The Bertz CT molecular complexity index is 411. The van der Waals surface area contributed by atoms with Crippen LogP contribution in [0.4, 0.5) is 0 Å². The monoisotopic (exact) mass is 337 g/mol. The van der Waals surface area contributed by atoms with Gasteiger partial charge in [-0.1, -0.05) is 28.1 Å². The second-order valence-corrected chi connectivity index (χ2v) is 7.42. The Morgan fingerprint density at radius 2 is 1.60 bits per heavy atom. The molecule has 2 nitrogen and oxygen atoms in total. The number of aliphatic hydroxyl groups excluding tert-OH is 1.